The number of carbonyl (C=O) groups is 1. The van der Waals surface area contributed by atoms with E-state index in [1.807, 2.05) is 0 Å². The number of methoxy groups -OCH3 is 1. The van der Waals surface area contributed by atoms with Gasteiger partial charge in [0.05, 0.1) is 6.61 Å². The maximum atomic E-state index is 10.4. The highest BCUT2D eigenvalue weighted by atomic mass is 16.5. The summed E-state index contributed by atoms with van der Waals surface area (Å²) >= 11 is 0. The Hall–Kier alpha value is -1.75. The fraction of sp³-hybridized carbons (Fsp3) is 0.417. The predicted octanol–water partition coefficient (Wildman–Crippen LogP) is 1.43. The van der Waals surface area contributed by atoms with Crippen LogP contribution in [0.2, 0.25) is 0 Å². The highest BCUT2D eigenvalue weighted by Crippen LogP contribution is 2.24. The van der Waals surface area contributed by atoms with Crippen molar-refractivity contribution < 1.29 is 24.5 Å². The molecule has 0 spiro atoms. The molecule has 1 aromatic carbocycles. The van der Waals surface area contributed by atoms with E-state index in [1.54, 1.807) is 19.2 Å². The minimum atomic E-state index is -0.884. The Labute approximate surface area is 99.6 Å². The number of rotatable bonds is 7. The summed E-state index contributed by atoms with van der Waals surface area (Å²) in [5.74, 6) is -0.287. The third-order valence-electron chi connectivity index (χ3n) is 2.22. The molecule has 0 heterocycles. The molecule has 5 heteroatoms. The van der Waals surface area contributed by atoms with Crippen molar-refractivity contribution in [1.82, 2.24) is 0 Å². The molecule has 5 nitrogen and oxygen atoms in total. The van der Waals surface area contributed by atoms with Crippen molar-refractivity contribution in [1.29, 1.82) is 0 Å². The second-order valence-electron chi connectivity index (χ2n) is 3.53. The number of phenolic OH excluding ortho intramolecular Hbond substituents is 1. The first-order valence-corrected chi connectivity index (χ1v) is 5.29. The molecule has 0 saturated heterocycles. The molecule has 0 atom stereocenters. The second kappa shape index (κ2) is 6.75. The van der Waals surface area contributed by atoms with Gasteiger partial charge >= 0.3 is 5.97 Å². The van der Waals surface area contributed by atoms with Crippen LogP contribution in [0.25, 0.3) is 0 Å². The van der Waals surface area contributed by atoms with Crippen LogP contribution in [-0.2, 0) is 16.0 Å². The zero-order valence-electron chi connectivity index (χ0n) is 9.68. The van der Waals surface area contributed by atoms with Gasteiger partial charge in [0.15, 0.2) is 0 Å². The lowest BCUT2D eigenvalue weighted by Gasteiger charge is -2.08. The Balaban J connectivity index is 2.56. The number of hydrogen-bond donors (Lipinski definition) is 2. The van der Waals surface area contributed by atoms with E-state index in [0.29, 0.717) is 30.9 Å². The molecule has 0 aromatic heterocycles. The van der Waals surface area contributed by atoms with Crippen LogP contribution in [-0.4, -0.2) is 36.5 Å². The van der Waals surface area contributed by atoms with Crippen LogP contribution in [0.1, 0.15) is 12.0 Å². The molecular formula is C12H16O5. The Morgan fingerprint density at radius 3 is 2.71 bits per heavy atom. The Morgan fingerprint density at radius 2 is 2.12 bits per heavy atom. The van der Waals surface area contributed by atoms with Gasteiger partial charge in [0.25, 0.3) is 0 Å². The van der Waals surface area contributed by atoms with E-state index in [-0.39, 0.29) is 12.2 Å². The number of carboxylic acids is 1. The monoisotopic (exact) mass is 240 g/mol. The average Bonchev–Trinajstić information content (AvgIpc) is 2.28. The summed E-state index contributed by atoms with van der Waals surface area (Å²) in [7, 11) is 1.58. The molecule has 0 aliphatic carbocycles. The summed E-state index contributed by atoms with van der Waals surface area (Å²) < 4.78 is 10.1. The molecule has 0 radical (unpaired) electrons. The fourth-order valence-electron chi connectivity index (χ4n) is 1.33. The Morgan fingerprint density at radius 1 is 1.35 bits per heavy atom. The van der Waals surface area contributed by atoms with Crippen molar-refractivity contribution in [2.75, 3.05) is 20.3 Å². The van der Waals surface area contributed by atoms with Crippen LogP contribution in [0, 0.1) is 0 Å². The normalized spacial score (nSPS) is 10.2. The summed E-state index contributed by atoms with van der Waals surface area (Å²) in [5.41, 5.74) is 0.603. The summed E-state index contributed by atoms with van der Waals surface area (Å²) in [6, 6.07) is 4.85. The quantitative estimate of drug-likeness (QED) is 0.705. The molecule has 17 heavy (non-hydrogen) atoms. The van der Waals surface area contributed by atoms with Gasteiger partial charge in [-0.2, -0.15) is 0 Å². The second-order valence-corrected chi connectivity index (χ2v) is 3.53. The first-order chi connectivity index (χ1) is 8.13. The zero-order valence-corrected chi connectivity index (χ0v) is 9.68. The number of carboxylic acid groups (broad SMARTS) is 1. The maximum Gasteiger partial charge on any atom is 0.303 e. The SMILES string of the molecule is COCCOc1ccc(CCC(=O)O)c(O)c1. The minimum Gasteiger partial charge on any atom is -0.508 e. The number of benzene rings is 1. The van der Waals surface area contributed by atoms with E-state index in [1.165, 1.54) is 6.07 Å². The first kappa shape index (κ1) is 13.3. The van der Waals surface area contributed by atoms with Crippen molar-refractivity contribution in [2.45, 2.75) is 12.8 Å². The molecule has 0 amide bonds. The molecule has 0 fully saturated rings. The topological polar surface area (TPSA) is 76.0 Å². The average molecular weight is 240 g/mol. The Kier molecular flexibility index (Phi) is 5.29. The van der Waals surface area contributed by atoms with E-state index >= 15 is 0 Å². The van der Waals surface area contributed by atoms with E-state index in [2.05, 4.69) is 0 Å². The van der Waals surface area contributed by atoms with E-state index < -0.39 is 5.97 Å². The number of aromatic hydroxyl groups is 1. The van der Waals surface area contributed by atoms with Crippen LogP contribution < -0.4 is 4.74 Å². The molecule has 94 valence electrons. The number of hydrogen-bond acceptors (Lipinski definition) is 4. The smallest absolute Gasteiger partial charge is 0.303 e. The van der Waals surface area contributed by atoms with Crippen molar-refractivity contribution in [3.63, 3.8) is 0 Å². The van der Waals surface area contributed by atoms with Crippen LogP contribution in [0.4, 0.5) is 0 Å². The molecule has 0 bridgehead atoms. The third kappa shape index (κ3) is 4.74. The van der Waals surface area contributed by atoms with Gasteiger partial charge in [-0.15, -0.1) is 0 Å². The van der Waals surface area contributed by atoms with Gasteiger partial charge in [-0.1, -0.05) is 6.07 Å². The van der Waals surface area contributed by atoms with Crippen molar-refractivity contribution in [3.8, 4) is 11.5 Å². The largest absolute Gasteiger partial charge is 0.508 e. The lowest BCUT2D eigenvalue weighted by Crippen LogP contribution is -2.04. The van der Waals surface area contributed by atoms with Crippen molar-refractivity contribution in [2.24, 2.45) is 0 Å². The van der Waals surface area contributed by atoms with Crippen LogP contribution in [0.15, 0.2) is 18.2 Å². The van der Waals surface area contributed by atoms with Gasteiger partial charge in [-0.25, -0.2) is 0 Å². The third-order valence-corrected chi connectivity index (χ3v) is 2.22. The number of aryl methyl sites for hydroxylation is 1. The lowest BCUT2D eigenvalue weighted by atomic mass is 10.1. The molecule has 1 rings (SSSR count). The number of ether oxygens (including phenoxy) is 2. The van der Waals surface area contributed by atoms with E-state index in [0.717, 1.165) is 0 Å². The lowest BCUT2D eigenvalue weighted by molar-refractivity contribution is -0.136. The molecule has 1 aromatic rings. The number of phenols is 1. The van der Waals surface area contributed by atoms with Gasteiger partial charge in [-0.3, -0.25) is 4.79 Å². The van der Waals surface area contributed by atoms with Crippen LogP contribution >= 0.6 is 0 Å². The molecule has 0 aliphatic rings. The highest BCUT2D eigenvalue weighted by Gasteiger charge is 2.05. The Bertz CT molecular complexity index is 375. The van der Waals surface area contributed by atoms with Crippen LogP contribution in [0.3, 0.4) is 0 Å². The molecular weight excluding hydrogens is 224 g/mol. The van der Waals surface area contributed by atoms with Gasteiger partial charge < -0.3 is 19.7 Å². The first-order valence-electron chi connectivity index (χ1n) is 5.29. The molecule has 2 N–H and O–H groups in total. The van der Waals surface area contributed by atoms with Gasteiger partial charge in [-0.05, 0) is 18.1 Å². The summed E-state index contributed by atoms with van der Waals surface area (Å²) in [5, 5.41) is 18.2. The van der Waals surface area contributed by atoms with Crippen molar-refractivity contribution in [3.05, 3.63) is 23.8 Å². The number of aliphatic carboxylic acids is 1. The van der Waals surface area contributed by atoms with Crippen molar-refractivity contribution >= 4 is 5.97 Å². The fourth-order valence-corrected chi connectivity index (χ4v) is 1.33. The summed E-state index contributed by atoms with van der Waals surface area (Å²) in [6.45, 7) is 0.881. The van der Waals surface area contributed by atoms with Crippen LogP contribution in [0.5, 0.6) is 11.5 Å². The van der Waals surface area contributed by atoms with Gasteiger partial charge in [0.1, 0.15) is 18.1 Å². The molecule has 0 unspecified atom stereocenters. The van der Waals surface area contributed by atoms with Gasteiger partial charge in [0, 0.05) is 19.6 Å². The predicted molar refractivity (Wildman–Crippen MR) is 61.4 cm³/mol. The summed E-state index contributed by atoms with van der Waals surface area (Å²) in [4.78, 5) is 10.4. The molecule has 0 saturated carbocycles. The van der Waals surface area contributed by atoms with Gasteiger partial charge in [0.2, 0.25) is 0 Å². The standard InChI is InChI=1S/C12H16O5/c1-16-6-7-17-10-4-2-9(11(13)8-10)3-5-12(14)15/h2,4,8,13H,3,5-7H2,1H3,(H,14,15). The van der Waals surface area contributed by atoms with E-state index in [9.17, 15) is 9.90 Å². The maximum absolute atomic E-state index is 10.4. The zero-order chi connectivity index (χ0) is 12.7. The highest BCUT2D eigenvalue weighted by molar-refractivity contribution is 5.67. The minimum absolute atomic E-state index is 0.00254. The molecule has 0 aliphatic heterocycles. The van der Waals surface area contributed by atoms with E-state index in [4.69, 9.17) is 14.6 Å². The summed E-state index contributed by atoms with van der Waals surface area (Å²) in [6.07, 6.45) is 0.303.